The summed E-state index contributed by atoms with van der Waals surface area (Å²) in [6, 6.07) is 7.11. The molecule has 0 aliphatic rings. The number of nitrogens with two attached hydrogens (primary N) is 1. The highest BCUT2D eigenvalue weighted by Gasteiger charge is 2.14. The highest BCUT2D eigenvalue weighted by molar-refractivity contribution is 6.35. The second-order valence-electron chi connectivity index (χ2n) is 6.70. The molecule has 9 heteroatoms. The van der Waals surface area contributed by atoms with Crippen molar-refractivity contribution in [1.29, 1.82) is 0 Å². The van der Waals surface area contributed by atoms with Gasteiger partial charge in [0, 0.05) is 37.3 Å². The van der Waals surface area contributed by atoms with Gasteiger partial charge in [0.2, 0.25) is 0 Å². The minimum absolute atomic E-state index is 0.0332. The zero-order valence-electron chi connectivity index (χ0n) is 17.2. The van der Waals surface area contributed by atoms with Crippen LogP contribution in [0.3, 0.4) is 0 Å². The van der Waals surface area contributed by atoms with Crippen molar-refractivity contribution in [3.63, 3.8) is 0 Å². The lowest BCUT2D eigenvalue weighted by atomic mass is 10.2. The van der Waals surface area contributed by atoms with Gasteiger partial charge in [0.15, 0.2) is 5.96 Å². The van der Waals surface area contributed by atoms with E-state index in [-0.39, 0.29) is 5.96 Å². The fourth-order valence-corrected chi connectivity index (χ4v) is 3.30. The third-order valence-corrected chi connectivity index (χ3v) is 5.01. The van der Waals surface area contributed by atoms with Gasteiger partial charge in [-0.3, -0.25) is 25.0 Å². The molecule has 3 rings (SSSR count). The molecular weight excluding hydrogens is 404 g/mol. The topological polar surface area (TPSA) is 109 Å². The SMILES string of the molecule is CCN(CC)Cc1cncc(Oc2cc(Cl)c3cc(C(=O)NC(N)=NC)[nH]c3c2)c1. The molecule has 0 bridgehead atoms. The van der Waals surface area contributed by atoms with Crippen molar-refractivity contribution < 1.29 is 9.53 Å². The van der Waals surface area contributed by atoms with Crippen molar-refractivity contribution in [2.45, 2.75) is 20.4 Å². The number of fused-ring (bicyclic) bond motifs is 1. The van der Waals surface area contributed by atoms with Crippen LogP contribution in [0.5, 0.6) is 11.5 Å². The predicted octanol–water partition coefficient (Wildman–Crippen LogP) is 3.52. The molecule has 0 aliphatic carbocycles. The number of amides is 1. The van der Waals surface area contributed by atoms with Gasteiger partial charge in [0.25, 0.3) is 5.91 Å². The van der Waals surface area contributed by atoms with Gasteiger partial charge in [-0.1, -0.05) is 25.4 Å². The average Bonchev–Trinajstić information content (AvgIpc) is 3.17. The Bertz CT molecular complexity index is 1070. The highest BCUT2D eigenvalue weighted by Crippen LogP contribution is 2.32. The Morgan fingerprint density at radius 2 is 2.00 bits per heavy atom. The fourth-order valence-electron chi connectivity index (χ4n) is 3.04. The molecule has 3 aromatic rings. The maximum absolute atomic E-state index is 12.3. The molecule has 0 spiro atoms. The quantitative estimate of drug-likeness (QED) is 0.394. The Kier molecular flexibility index (Phi) is 6.91. The Hall–Kier alpha value is -3.10. The maximum atomic E-state index is 12.3. The number of nitrogens with zero attached hydrogens (tertiary/aromatic N) is 3. The maximum Gasteiger partial charge on any atom is 0.274 e. The molecule has 1 amide bonds. The van der Waals surface area contributed by atoms with E-state index in [1.165, 1.54) is 7.05 Å². The Morgan fingerprint density at radius 1 is 1.23 bits per heavy atom. The molecule has 1 aromatic carbocycles. The van der Waals surface area contributed by atoms with Crippen LogP contribution in [0.25, 0.3) is 10.9 Å². The Labute approximate surface area is 180 Å². The number of pyridine rings is 1. The summed E-state index contributed by atoms with van der Waals surface area (Å²) in [5.41, 5.74) is 7.61. The number of aromatic nitrogens is 2. The number of nitrogens with one attached hydrogen (secondary N) is 2. The molecule has 0 atom stereocenters. The first-order valence-corrected chi connectivity index (χ1v) is 10.0. The van der Waals surface area contributed by atoms with E-state index in [2.05, 4.69) is 39.0 Å². The molecule has 158 valence electrons. The standard InChI is InChI=1S/C21H25ClN6O2/c1-4-28(5-2)12-13-6-15(11-25-10-13)30-14-7-17(22)16-9-19(26-18(16)8-14)20(29)27-21(23)24-3/h6-11,26H,4-5,12H2,1-3H3,(H3,23,24,27,29). The third-order valence-electron chi connectivity index (χ3n) is 4.69. The van der Waals surface area contributed by atoms with Gasteiger partial charge in [-0.2, -0.15) is 0 Å². The van der Waals surface area contributed by atoms with E-state index in [1.807, 2.05) is 12.3 Å². The third kappa shape index (κ3) is 5.08. The van der Waals surface area contributed by atoms with Crippen LogP contribution in [0.15, 0.2) is 41.7 Å². The van der Waals surface area contributed by atoms with Crippen LogP contribution in [0.1, 0.15) is 29.9 Å². The summed E-state index contributed by atoms with van der Waals surface area (Å²) >= 11 is 6.41. The molecule has 8 nitrogen and oxygen atoms in total. The van der Waals surface area contributed by atoms with Crippen LogP contribution in [0.2, 0.25) is 5.02 Å². The molecular formula is C21H25ClN6O2. The van der Waals surface area contributed by atoms with Crippen molar-refractivity contribution in [2.75, 3.05) is 20.1 Å². The number of aromatic amines is 1. The number of H-pyrrole nitrogens is 1. The van der Waals surface area contributed by atoms with E-state index < -0.39 is 5.91 Å². The number of hydrogen-bond acceptors (Lipinski definition) is 5. The Balaban J connectivity index is 1.83. The van der Waals surface area contributed by atoms with Gasteiger partial charge in [-0.15, -0.1) is 0 Å². The summed E-state index contributed by atoms with van der Waals surface area (Å²) in [7, 11) is 1.49. The smallest absolute Gasteiger partial charge is 0.274 e. The van der Waals surface area contributed by atoms with Crippen LogP contribution in [0.4, 0.5) is 0 Å². The highest BCUT2D eigenvalue weighted by atomic mass is 35.5. The lowest BCUT2D eigenvalue weighted by Crippen LogP contribution is -2.36. The largest absolute Gasteiger partial charge is 0.456 e. The summed E-state index contributed by atoms with van der Waals surface area (Å²) in [5, 5.41) is 3.65. The normalized spacial score (nSPS) is 11.8. The van der Waals surface area contributed by atoms with Crippen molar-refractivity contribution in [3.8, 4) is 11.5 Å². The second-order valence-corrected chi connectivity index (χ2v) is 7.11. The number of hydrogen-bond donors (Lipinski definition) is 3. The number of benzene rings is 1. The summed E-state index contributed by atoms with van der Waals surface area (Å²) in [4.78, 5) is 25.6. The van der Waals surface area contributed by atoms with Crippen molar-refractivity contribution in [3.05, 3.63) is 52.9 Å². The van der Waals surface area contributed by atoms with Gasteiger partial charge < -0.3 is 15.5 Å². The summed E-state index contributed by atoms with van der Waals surface area (Å²) in [6.45, 7) is 6.99. The van der Waals surface area contributed by atoms with Gasteiger partial charge in [-0.25, -0.2) is 0 Å². The monoisotopic (exact) mass is 428 g/mol. The zero-order chi connectivity index (χ0) is 21.7. The molecule has 30 heavy (non-hydrogen) atoms. The first-order valence-electron chi connectivity index (χ1n) is 9.63. The minimum atomic E-state index is -0.402. The molecule has 0 aliphatic heterocycles. The number of aliphatic imine (C=N–C) groups is 1. The average molecular weight is 429 g/mol. The van der Waals surface area contributed by atoms with E-state index in [4.69, 9.17) is 22.1 Å². The van der Waals surface area contributed by atoms with Crippen LogP contribution in [0, 0.1) is 0 Å². The molecule has 0 saturated heterocycles. The summed E-state index contributed by atoms with van der Waals surface area (Å²) < 4.78 is 5.98. The van der Waals surface area contributed by atoms with E-state index >= 15 is 0 Å². The van der Waals surface area contributed by atoms with E-state index in [0.29, 0.717) is 33.1 Å². The number of ether oxygens (including phenoxy) is 1. The molecule has 2 aromatic heterocycles. The lowest BCUT2D eigenvalue weighted by molar-refractivity contribution is 0.0972. The molecule has 0 unspecified atom stereocenters. The summed E-state index contributed by atoms with van der Waals surface area (Å²) in [6.07, 6.45) is 3.49. The van der Waals surface area contributed by atoms with Crippen LogP contribution in [-0.4, -0.2) is 46.9 Å². The van der Waals surface area contributed by atoms with E-state index in [9.17, 15) is 4.79 Å². The van der Waals surface area contributed by atoms with Gasteiger partial charge in [0.1, 0.15) is 17.2 Å². The van der Waals surface area contributed by atoms with Gasteiger partial charge >= 0.3 is 0 Å². The van der Waals surface area contributed by atoms with Crippen LogP contribution < -0.4 is 15.8 Å². The van der Waals surface area contributed by atoms with Crippen LogP contribution >= 0.6 is 11.6 Å². The molecule has 4 N–H and O–H groups in total. The van der Waals surface area contributed by atoms with Crippen molar-refractivity contribution in [2.24, 2.45) is 10.7 Å². The predicted molar refractivity (Wildman–Crippen MR) is 119 cm³/mol. The van der Waals surface area contributed by atoms with Crippen molar-refractivity contribution >= 4 is 34.4 Å². The van der Waals surface area contributed by atoms with E-state index in [0.717, 1.165) is 25.2 Å². The Morgan fingerprint density at radius 3 is 2.70 bits per heavy atom. The number of halogens is 1. The van der Waals surface area contributed by atoms with Crippen LogP contribution in [-0.2, 0) is 6.54 Å². The molecule has 0 fully saturated rings. The zero-order valence-corrected chi connectivity index (χ0v) is 18.0. The number of rotatable bonds is 7. The lowest BCUT2D eigenvalue weighted by Gasteiger charge is -2.18. The first-order chi connectivity index (χ1) is 14.4. The first kappa shape index (κ1) is 21.6. The van der Waals surface area contributed by atoms with Crippen molar-refractivity contribution in [1.82, 2.24) is 20.2 Å². The molecule has 2 heterocycles. The molecule has 0 saturated carbocycles. The summed E-state index contributed by atoms with van der Waals surface area (Å²) in [5.74, 6) is 0.788. The number of guanidine groups is 1. The number of carbonyl (C=O) groups excluding carboxylic acids is 1. The van der Waals surface area contributed by atoms with E-state index in [1.54, 1.807) is 24.4 Å². The fraction of sp³-hybridized carbons (Fsp3) is 0.286. The minimum Gasteiger partial charge on any atom is -0.456 e. The van der Waals surface area contributed by atoms with Gasteiger partial charge in [0.05, 0.1) is 16.7 Å². The van der Waals surface area contributed by atoms with Gasteiger partial charge in [-0.05, 0) is 30.8 Å². The second kappa shape index (κ2) is 9.60. The number of carbonyl (C=O) groups is 1. The molecule has 0 radical (unpaired) electrons.